The molecule has 1 N–H and O–H groups in total. The molecule has 0 fully saturated rings. The SMILES string of the molecule is O=C(O)Cn1cncn1. The molecule has 0 aromatic carbocycles. The summed E-state index contributed by atoms with van der Waals surface area (Å²) in [7, 11) is 0. The van der Waals surface area contributed by atoms with E-state index in [0.717, 1.165) is 0 Å². The van der Waals surface area contributed by atoms with Crippen LogP contribution in [-0.4, -0.2) is 25.8 Å². The van der Waals surface area contributed by atoms with E-state index in [4.69, 9.17) is 5.11 Å². The van der Waals surface area contributed by atoms with Crippen molar-refractivity contribution in [3.05, 3.63) is 12.7 Å². The zero-order valence-electron chi connectivity index (χ0n) is 4.56. The first kappa shape index (κ1) is 5.74. The Hall–Kier alpha value is -1.39. The first-order valence-corrected chi connectivity index (χ1v) is 2.33. The summed E-state index contributed by atoms with van der Waals surface area (Å²) in [6.45, 7) is -0.125. The maximum atomic E-state index is 9.98. The number of aliphatic carboxylic acids is 1. The van der Waals surface area contributed by atoms with Crippen molar-refractivity contribution in [1.29, 1.82) is 0 Å². The quantitative estimate of drug-likeness (QED) is 0.573. The molecule has 0 saturated carbocycles. The van der Waals surface area contributed by atoms with Gasteiger partial charge in [0.1, 0.15) is 19.2 Å². The summed E-state index contributed by atoms with van der Waals surface area (Å²) in [4.78, 5) is 13.5. The minimum atomic E-state index is -0.916. The van der Waals surface area contributed by atoms with Gasteiger partial charge >= 0.3 is 5.97 Å². The molecule has 0 spiro atoms. The van der Waals surface area contributed by atoms with Gasteiger partial charge in [-0.2, -0.15) is 5.10 Å². The molecule has 1 aromatic heterocycles. The maximum absolute atomic E-state index is 9.98. The molecule has 0 atom stereocenters. The van der Waals surface area contributed by atoms with Gasteiger partial charge in [-0.1, -0.05) is 0 Å². The van der Waals surface area contributed by atoms with Crippen molar-refractivity contribution in [2.75, 3.05) is 0 Å². The summed E-state index contributed by atoms with van der Waals surface area (Å²) < 4.78 is 1.24. The minimum absolute atomic E-state index is 0.125. The van der Waals surface area contributed by atoms with E-state index in [-0.39, 0.29) is 6.54 Å². The third-order valence-corrected chi connectivity index (χ3v) is 0.764. The average Bonchev–Trinajstić information content (AvgIpc) is 2.15. The molecule has 9 heavy (non-hydrogen) atoms. The van der Waals surface area contributed by atoms with Crippen LogP contribution in [0, 0.1) is 0 Å². The highest BCUT2D eigenvalue weighted by atomic mass is 16.4. The van der Waals surface area contributed by atoms with E-state index in [1.54, 1.807) is 0 Å². The standard InChI is InChI=1S/C4H5N3O2/c8-4(9)1-7-3-5-2-6-7/h2-3H,1H2,(H,8,9). The van der Waals surface area contributed by atoms with Crippen molar-refractivity contribution < 1.29 is 9.90 Å². The number of hydrogen-bond acceptors (Lipinski definition) is 3. The fourth-order valence-corrected chi connectivity index (χ4v) is 0.453. The van der Waals surface area contributed by atoms with Crippen molar-refractivity contribution in [3.8, 4) is 0 Å². The average molecular weight is 127 g/mol. The molecular formula is C4H5N3O2. The van der Waals surface area contributed by atoms with Gasteiger partial charge in [0, 0.05) is 0 Å². The zero-order valence-corrected chi connectivity index (χ0v) is 4.56. The Balaban J connectivity index is 2.58. The molecule has 0 unspecified atom stereocenters. The van der Waals surface area contributed by atoms with Crippen molar-refractivity contribution in [3.63, 3.8) is 0 Å². The van der Waals surface area contributed by atoms with Gasteiger partial charge in [-0.25, -0.2) is 9.67 Å². The van der Waals surface area contributed by atoms with E-state index in [9.17, 15) is 4.79 Å². The van der Waals surface area contributed by atoms with Crippen LogP contribution in [0.4, 0.5) is 0 Å². The van der Waals surface area contributed by atoms with Gasteiger partial charge in [0.15, 0.2) is 0 Å². The lowest BCUT2D eigenvalue weighted by atomic mass is 10.7. The predicted molar refractivity (Wildman–Crippen MR) is 27.7 cm³/mol. The summed E-state index contributed by atoms with van der Waals surface area (Å²) in [5, 5.41) is 11.8. The lowest BCUT2D eigenvalue weighted by Crippen LogP contribution is -2.08. The molecule has 0 saturated heterocycles. The molecule has 0 aliphatic carbocycles. The Kier molecular flexibility index (Phi) is 1.44. The topological polar surface area (TPSA) is 68.0 Å². The third kappa shape index (κ3) is 1.52. The van der Waals surface area contributed by atoms with Crippen LogP contribution in [0.2, 0.25) is 0 Å². The number of aromatic nitrogens is 3. The van der Waals surface area contributed by atoms with Crippen molar-refractivity contribution in [1.82, 2.24) is 14.8 Å². The molecule has 48 valence electrons. The van der Waals surface area contributed by atoms with E-state index in [2.05, 4.69) is 10.1 Å². The molecule has 1 rings (SSSR count). The summed E-state index contributed by atoms with van der Waals surface area (Å²) >= 11 is 0. The normalized spacial score (nSPS) is 9.33. The Bertz CT molecular complexity index is 194. The number of nitrogens with zero attached hydrogens (tertiary/aromatic N) is 3. The third-order valence-electron chi connectivity index (χ3n) is 0.764. The van der Waals surface area contributed by atoms with Gasteiger partial charge in [0.2, 0.25) is 0 Å². The van der Waals surface area contributed by atoms with Crippen LogP contribution in [0.3, 0.4) is 0 Å². The van der Waals surface area contributed by atoms with E-state index in [0.29, 0.717) is 0 Å². The van der Waals surface area contributed by atoms with Gasteiger partial charge in [0.25, 0.3) is 0 Å². The second kappa shape index (κ2) is 2.25. The lowest BCUT2D eigenvalue weighted by Gasteiger charge is -1.89. The van der Waals surface area contributed by atoms with Crippen LogP contribution in [0.5, 0.6) is 0 Å². The van der Waals surface area contributed by atoms with E-state index in [1.165, 1.54) is 17.3 Å². The number of rotatable bonds is 2. The largest absolute Gasteiger partial charge is 0.480 e. The molecular weight excluding hydrogens is 122 g/mol. The summed E-state index contributed by atoms with van der Waals surface area (Å²) in [5.74, 6) is -0.916. The smallest absolute Gasteiger partial charge is 0.325 e. The second-order valence-electron chi connectivity index (χ2n) is 1.49. The van der Waals surface area contributed by atoms with Gasteiger partial charge in [-0.3, -0.25) is 4.79 Å². The van der Waals surface area contributed by atoms with Crippen molar-refractivity contribution in [2.24, 2.45) is 0 Å². The Morgan fingerprint density at radius 1 is 1.78 bits per heavy atom. The maximum Gasteiger partial charge on any atom is 0.325 e. The molecule has 5 nitrogen and oxygen atoms in total. The molecule has 0 aliphatic rings. The molecule has 0 aliphatic heterocycles. The van der Waals surface area contributed by atoms with Crippen LogP contribution >= 0.6 is 0 Å². The highest BCUT2D eigenvalue weighted by Crippen LogP contribution is 1.77. The second-order valence-corrected chi connectivity index (χ2v) is 1.49. The summed E-state index contributed by atoms with van der Waals surface area (Å²) in [6, 6.07) is 0. The van der Waals surface area contributed by atoms with Crippen molar-refractivity contribution in [2.45, 2.75) is 6.54 Å². The lowest BCUT2D eigenvalue weighted by molar-refractivity contribution is -0.137. The van der Waals surface area contributed by atoms with Gasteiger partial charge in [0.05, 0.1) is 0 Å². The molecule has 5 heteroatoms. The number of hydrogen-bond donors (Lipinski definition) is 1. The molecule has 0 bridgehead atoms. The number of carbonyl (C=O) groups is 1. The molecule has 1 heterocycles. The highest BCUT2D eigenvalue weighted by molar-refractivity contribution is 5.66. The Labute approximate surface area is 50.9 Å². The van der Waals surface area contributed by atoms with Crippen LogP contribution in [0.15, 0.2) is 12.7 Å². The molecule has 0 amide bonds. The summed E-state index contributed by atoms with van der Waals surface area (Å²) in [5.41, 5.74) is 0. The van der Waals surface area contributed by atoms with Crippen LogP contribution in [0.25, 0.3) is 0 Å². The Morgan fingerprint density at radius 2 is 2.56 bits per heavy atom. The van der Waals surface area contributed by atoms with E-state index in [1.807, 2.05) is 0 Å². The molecule has 0 radical (unpaired) electrons. The zero-order chi connectivity index (χ0) is 6.69. The minimum Gasteiger partial charge on any atom is -0.480 e. The van der Waals surface area contributed by atoms with Gasteiger partial charge in [-0.15, -0.1) is 0 Å². The Morgan fingerprint density at radius 3 is 3.00 bits per heavy atom. The van der Waals surface area contributed by atoms with Crippen molar-refractivity contribution >= 4 is 5.97 Å². The first-order valence-electron chi connectivity index (χ1n) is 2.33. The highest BCUT2D eigenvalue weighted by Gasteiger charge is 1.96. The van der Waals surface area contributed by atoms with E-state index < -0.39 is 5.97 Å². The fraction of sp³-hybridized carbons (Fsp3) is 0.250. The van der Waals surface area contributed by atoms with Crippen LogP contribution in [0.1, 0.15) is 0 Å². The van der Waals surface area contributed by atoms with Gasteiger partial charge < -0.3 is 5.11 Å². The molecule has 1 aromatic rings. The predicted octanol–water partition coefficient (Wildman–Crippen LogP) is -0.637. The van der Waals surface area contributed by atoms with Crippen LogP contribution < -0.4 is 0 Å². The first-order chi connectivity index (χ1) is 4.29. The van der Waals surface area contributed by atoms with E-state index >= 15 is 0 Å². The summed E-state index contributed by atoms with van der Waals surface area (Å²) in [6.07, 6.45) is 2.65. The monoisotopic (exact) mass is 127 g/mol. The fourth-order valence-electron chi connectivity index (χ4n) is 0.453. The number of carboxylic acids is 1. The van der Waals surface area contributed by atoms with Crippen LogP contribution in [-0.2, 0) is 11.3 Å². The van der Waals surface area contributed by atoms with Gasteiger partial charge in [-0.05, 0) is 0 Å². The number of carboxylic acid groups (broad SMARTS) is 1.